The van der Waals surface area contributed by atoms with E-state index in [1.54, 1.807) is 6.92 Å². The molecule has 0 saturated carbocycles. The van der Waals surface area contributed by atoms with Crippen molar-refractivity contribution >= 4 is 29.5 Å². The Morgan fingerprint density at radius 2 is 1.74 bits per heavy atom. The van der Waals surface area contributed by atoms with Crippen LogP contribution in [0.25, 0.3) is 0 Å². The predicted molar refractivity (Wildman–Crippen MR) is 124 cm³/mol. The molecule has 2 unspecified atom stereocenters. The number of carbonyl (C=O) groups excluding carboxylic acids is 5. The van der Waals surface area contributed by atoms with Crippen molar-refractivity contribution in [2.45, 2.75) is 58.8 Å². The molecule has 1 saturated heterocycles. The molecule has 5 amide bonds. The fourth-order valence-corrected chi connectivity index (χ4v) is 3.60. The van der Waals surface area contributed by atoms with Gasteiger partial charge in [-0.15, -0.1) is 0 Å². The van der Waals surface area contributed by atoms with Crippen LogP contribution in [-0.2, 0) is 33.4 Å². The summed E-state index contributed by atoms with van der Waals surface area (Å²) in [7, 11) is 0. The van der Waals surface area contributed by atoms with Crippen molar-refractivity contribution in [3.63, 3.8) is 0 Å². The van der Waals surface area contributed by atoms with E-state index in [1.807, 2.05) is 6.92 Å². The topological polar surface area (TPSA) is 157 Å². The van der Waals surface area contributed by atoms with E-state index in [0.717, 1.165) is 37.0 Å². The molecule has 0 aromatic rings. The minimum absolute atomic E-state index is 0.0624. The summed E-state index contributed by atoms with van der Waals surface area (Å²) < 4.78 is 10.6. The molecule has 0 aromatic heterocycles. The average molecular weight is 485 g/mol. The molecule has 2 atom stereocenters. The number of nitrogens with two attached hydrogens (primary N) is 1. The largest absolute Gasteiger partial charge is 0.377 e. The molecule has 1 rings (SSSR count). The Bertz CT molecular complexity index is 686. The molecule has 11 nitrogen and oxygen atoms in total. The van der Waals surface area contributed by atoms with Gasteiger partial charge >= 0.3 is 0 Å². The normalized spacial score (nSPS) is 16.5. The number of ether oxygens (including phenoxy) is 2. The molecule has 34 heavy (non-hydrogen) atoms. The van der Waals surface area contributed by atoms with Gasteiger partial charge in [0.05, 0.1) is 19.8 Å². The number of likely N-dealkylation sites (tertiary alicyclic amines) is 1. The van der Waals surface area contributed by atoms with E-state index in [9.17, 15) is 24.0 Å². The lowest BCUT2D eigenvalue weighted by molar-refractivity contribution is -0.139. The Balaban J connectivity index is 1.93. The quantitative estimate of drug-likeness (QED) is 0.173. The van der Waals surface area contributed by atoms with E-state index >= 15 is 0 Å². The first-order chi connectivity index (χ1) is 16.3. The van der Waals surface area contributed by atoms with Crippen LogP contribution in [0.2, 0.25) is 0 Å². The van der Waals surface area contributed by atoms with Gasteiger partial charge in [-0.2, -0.15) is 0 Å². The van der Waals surface area contributed by atoms with E-state index in [2.05, 4.69) is 10.6 Å². The van der Waals surface area contributed by atoms with Crippen molar-refractivity contribution in [1.29, 1.82) is 0 Å². The summed E-state index contributed by atoms with van der Waals surface area (Å²) in [4.78, 5) is 59.5. The molecule has 4 N–H and O–H groups in total. The van der Waals surface area contributed by atoms with Crippen LogP contribution in [0.3, 0.4) is 0 Å². The second kappa shape index (κ2) is 17.0. The van der Waals surface area contributed by atoms with E-state index in [0.29, 0.717) is 13.1 Å². The Labute approximate surface area is 201 Å². The predicted octanol–water partition coefficient (Wildman–Crippen LogP) is 0.109. The van der Waals surface area contributed by atoms with Crippen molar-refractivity contribution < 1.29 is 33.4 Å². The molecule has 0 aliphatic carbocycles. The van der Waals surface area contributed by atoms with Gasteiger partial charge < -0.3 is 25.8 Å². The Morgan fingerprint density at radius 3 is 2.38 bits per heavy atom. The van der Waals surface area contributed by atoms with Gasteiger partial charge in [0.15, 0.2) is 0 Å². The van der Waals surface area contributed by atoms with Gasteiger partial charge in [0.1, 0.15) is 6.61 Å². The van der Waals surface area contributed by atoms with E-state index < -0.39 is 0 Å². The molecule has 1 aliphatic heterocycles. The number of rotatable bonds is 19. The third kappa shape index (κ3) is 12.1. The summed E-state index contributed by atoms with van der Waals surface area (Å²) in [6.45, 7) is 5.38. The Morgan fingerprint density at radius 1 is 1.03 bits per heavy atom. The molecule has 0 spiro atoms. The average Bonchev–Trinajstić information content (AvgIpc) is 3.03. The van der Waals surface area contributed by atoms with E-state index in [4.69, 9.17) is 15.2 Å². The molecular weight excluding hydrogens is 444 g/mol. The number of hydrogen-bond acceptors (Lipinski definition) is 7. The zero-order chi connectivity index (χ0) is 25.3. The van der Waals surface area contributed by atoms with Gasteiger partial charge in [-0.3, -0.25) is 28.9 Å². The van der Waals surface area contributed by atoms with Crippen LogP contribution in [0.15, 0.2) is 0 Å². The first-order valence-corrected chi connectivity index (χ1v) is 12.1. The molecule has 1 heterocycles. The minimum atomic E-state index is -0.310. The Kier molecular flexibility index (Phi) is 14.7. The van der Waals surface area contributed by atoms with Crippen molar-refractivity contribution in [2.75, 3.05) is 46.1 Å². The highest BCUT2D eigenvalue weighted by Gasteiger charge is 2.35. The smallest absolute Gasteiger partial charge is 0.245 e. The van der Waals surface area contributed by atoms with Gasteiger partial charge in [-0.05, 0) is 19.3 Å². The standard InChI is InChI=1S/C23H40N4O7/c1-3-6-18(22(24)31)7-4-5-9-25-20(29)16-34-14-13-33-12-10-26-19(28)8-11-27-21(30)15-17(2)23(27)32/h17-18H,3-16H2,1-2H3,(H2,24,31)(H,25,29)(H,26,28). The maximum absolute atomic E-state index is 11.8. The number of carbonyl (C=O) groups is 5. The van der Waals surface area contributed by atoms with Crippen molar-refractivity contribution in [3.05, 3.63) is 0 Å². The number of unbranched alkanes of at least 4 members (excludes halogenated alkanes) is 1. The number of imide groups is 1. The monoisotopic (exact) mass is 484 g/mol. The maximum atomic E-state index is 11.8. The summed E-state index contributed by atoms with van der Waals surface area (Å²) in [6, 6.07) is 0. The highest BCUT2D eigenvalue weighted by molar-refractivity contribution is 6.03. The fourth-order valence-electron chi connectivity index (χ4n) is 3.60. The van der Waals surface area contributed by atoms with Crippen LogP contribution in [0.1, 0.15) is 58.8 Å². The minimum Gasteiger partial charge on any atom is -0.377 e. The molecule has 0 radical (unpaired) electrons. The molecule has 11 heteroatoms. The van der Waals surface area contributed by atoms with E-state index in [-0.39, 0.29) is 87.2 Å². The summed E-state index contributed by atoms with van der Waals surface area (Å²) in [5, 5.41) is 5.43. The zero-order valence-electron chi connectivity index (χ0n) is 20.4. The lowest BCUT2D eigenvalue weighted by Crippen LogP contribution is -2.35. The van der Waals surface area contributed by atoms with E-state index in [1.165, 1.54) is 0 Å². The molecule has 194 valence electrons. The van der Waals surface area contributed by atoms with Crippen LogP contribution in [0.5, 0.6) is 0 Å². The summed E-state index contributed by atoms with van der Waals surface area (Å²) in [5.41, 5.74) is 5.38. The fraction of sp³-hybridized carbons (Fsp3) is 0.783. The number of nitrogens with one attached hydrogen (secondary N) is 2. The van der Waals surface area contributed by atoms with Gasteiger partial charge in [0.25, 0.3) is 0 Å². The number of nitrogens with zero attached hydrogens (tertiary/aromatic N) is 1. The molecule has 1 aliphatic rings. The first-order valence-electron chi connectivity index (χ1n) is 12.1. The third-order valence-corrected chi connectivity index (χ3v) is 5.55. The van der Waals surface area contributed by atoms with Crippen molar-refractivity contribution in [3.8, 4) is 0 Å². The first kappa shape index (κ1) is 29.5. The van der Waals surface area contributed by atoms with Gasteiger partial charge in [0.2, 0.25) is 29.5 Å². The summed E-state index contributed by atoms with van der Waals surface area (Å²) >= 11 is 0. The second-order valence-electron chi connectivity index (χ2n) is 8.49. The number of hydrogen-bond donors (Lipinski definition) is 3. The Hall–Kier alpha value is -2.53. The lowest BCUT2D eigenvalue weighted by atomic mass is 9.96. The maximum Gasteiger partial charge on any atom is 0.245 e. The van der Waals surface area contributed by atoms with Crippen LogP contribution >= 0.6 is 0 Å². The molecule has 1 fully saturated rings. The van der Waals surface area contributed by atoms with Gasteiger partial charge in [0, 0.05) is 44.3 Å². The molecule has 0 bridgehead atoms. The highest BCUT2D eigenvalue weighted by atomic mass is 16.5. The number of amides is 5. The van der Waals surface area contributed by atoms with Crippen LogP contribution in [0.4, 0.5) is 0 Å². The van der Waals surface area contributed by atoms with Crippen molar-refractivity contribution in [2.24, 2.45) is 17.6 Å². The van der Waals surface area contributed by atoms with Gasteiger partial charge in [-0.1, -0.05) is 26.7 Å². The number of primary amides is 1. The molecular formula is C23H40N4O7. The second-order valence-corrected chi connectivity index (χ2v) is 8.49. The van der Waals surface area contributed by atoms with Crippen molar-refractivity contribution in [1.82, 2.24) is 15.5 Å². The van der Waals surface area contributed by atoms with Gasteiger partial charge in [-0.25, -0.2) is 0 Å². The van der Waals surface area contributed by atoms with Crippen LogP contribution in [-0.4, -0.2) is 80.5 Å². The zero-order valence-corrected chi connectivity index (χ0v) is 20.4. The lowest BCUT2D eigenvalue weighted by Gasteiger charge is -2.14. The summed E-state index contributed by atoms with van der Waals surface area (Å²) in [5.74, 6) is -1.59. The van der Waals surface area contributed by atoms with Crippen LogP contribution < -0.4 is 16.4 Å². The molecule has 0 aromatic carbocycles. The SMILES string of the molecule is CCCC(CCCCNC(=O)COCCOCCNC(=O)CCN1C(=O)CC(C)C1=O)C(N)=O. The summed E-state index contributed by atoms with van der Waals surface area (Å²) in [6.07, 6.45) is 4.33. The highest BCUT2D eigenvalue weighted by Crippen LogP contribution is 2.18. The third-order valence-electron chi connectivity index (χ3n) is 5.55. The van der Waals surface area contributed by atoms with Crippen LogP contribution in [0, 0.1) is 11.8 Å².